The van der Waals surface area contributed by atoms with Gasteiger partial charge in [-0.1, -0.05) is 70.4 Å². The lowest BCUT2D eigenvalue weighted by molar-refractivity contribution is -0.139. The van der Waals surface area contributed by atoms with Gasteiger partial charge in [0.15, 0.2) is 4.80 Å². The van der Waals surface area contributed by atoms with Crippen LogP contribution in [0, 0.1) is 7.14 Å². The molecule has 1 atom stereocenters. The van der Waals surface area contributed by atoms with Gasteiger partial charge in [-0.2, -0.15) is 0 Å². The van der Waals surface area contributed by atoms with Crippen LogP contribution in [0.15, 0.2) is 80.1 Å². The summed E-state index contributed by atoms with van der Waals surface area (Å²) in [6, 6.07) is 16.3. The molecule has 0 unspecified atom stereocenters. The maximum Gasteiger partial charge on any atom is 0.338 e. The lowest BCUT2D eigenvalue weighted by atomic mass is 9.93. The van der Waals surface area contributed by atoms with Crippen molar-refractivity contribution in [2.45, 2.75) is 39.3 Å². The lowest BCUT2D eigenvalue weighted by Gasteiger charge is -2.27. The van der Waals surface area contributed by atoms with Gasteiger partial charge in [0.25, 0.3) is 5.56 Å². The van der Waals surface area contributed by atoms with Gasteiger partial charge in [0.05, 0.1) is 36.7 Å². The molecule has 1 aliphatic heterocycles. The predicted octanol–water partition coefficient (Wildman–Crippen LogP) is 7.79. The Kier molecular flexibility index (Phi) is 11.5. The number of halogens is 4. The molecule has 1 aliphatic rings. The number of methoxy groups -OCH3 is 1. The number of esters is 1. The highest BCUT2D eigenvalue weighted by Crippen LogP contribution is 2.38. The van der Waals surface area contributed by atoms with Crippen LogP contribution in [0.2, 0.25) is 5.02 Å². The molecule has 0 radical (unpaired) electrons. The number of hydrogen-bond donors (Lipinski definition) is 0. The first-order valence-corrected chi connectivity index (χ1v) is 18.2. The quantitative estimate of drug-likeness (QED) is 0.120. The van der Waals surface area contributed by atoms with Gasteiger partial charge < -0.3 is 14.2 Å². The van der Waals surface area contributed by atoms with Crippen molar-refractivity contribution >= 4 is 96.1 Å². The van der Waals surface area contributed by atoms with Gasteiger partial charge in [0, 0.05) is 20.6 Å². The van der Waals surface area contributed by atoms with E-state index in [1.54, 1.807) is 18.6 Å². The van der Waals surface area contributed by atoms with Gasteiger partial charge in [0.2, 0.25) is 0 Å². The molecule has 12 heteroatoms. The summed E-state index contributed by atoms with van der Waals surface area (Å²) >= 11 is 15.7. The number of carbonyl (C=O) groups is 1. The number of thiazole rings is 1. The lowest BCUT2D eigenvalue weighted by Crippen LogP contribution is -2.40. The summed E-state index contributed by atoms with van der Waals surface area (Å²) in [7, 11) is 1.57. The topological polar surface area (TPSA) is 79.1 Å². The van der Waals surface area contributed by atoms with Gasteiger partial charge in [-0.25, -0.2) is 9.79 Å². The molecule has 0 fully saturated rings. The fourth-order valence-corrected chi connectivity index (χ4v) is 8.77. The number of nitrogens with zero attached hydrogens (tertiary/aromatic N) is 2. The molecular formula is C33H28BrClI2N2O5S. The molecular weight excluding hydrogens is 906 g/mol. The van der Waals surface area contributed by atoms with Crippen LogP contribution >= 0.6 is 84.0 Å². The number of hydrogen-bond acceptors (Lipinski definition) is 7. The fraction of sp³-hybridized carbons (Fsp3) is 0.242. The first-order valence-electron chi connectivity index (χ1n) is 14.1. The van der Waals surface area contributed by atoms with Crippen LogP contribution in [0.5, 0.6) is 11.5 Å². The van der Waals surface area contributed by atoms with Crippen LogP contribution in [-0.2, 0) is 16.1 Å². The van der Waals surface area contributed by atoms with Crippen molar-refractivity contribution in [3.63, 3.8) is 0 Å². The molecule has 234 valence electrons. The molecule has 0 N–H and O–H groups in total. The summed E-state index contributed by atoms with van der Waals surface area (Å²) in [5.74, 6) is 0.802. The van der Waals surface area contributed by atoms with Crippen molar-refractivity contribution in [3.8, 4) is 11.5 Å². The Morgan fingerprint density at radius 1 is 1.13 bits per heavy atom. The van der Waals surface area contributed by atoms with E-state index in [2.05, 4.69) is 61.1 Å². The zero-order chi connectivity index (χ0) is 32.2. The number of carbonyl (C=O) groups excluding carboxylic acids is 1. The SMILES string of the molecule is CCCC1=C(C(=O)OCC)[C@H](c2cc(Br)ccc2OC)n2c(s/c(=C/c3cc(I)c(OCc4ccccc4Cl)c(I)c3)c2=O)=N1. The average molecular weight is 934 g/mol. The van der Waals surface area contributed by atoms with E-state index in [1.807, 2.05) is 67.6 Å². The summed E-state index contributed by atoms with van der Waals surface area (Å²) in [6.45, 7) is 4.33. The number of allylic oxidation sites excluding steroid dienone is 1. The Labute approximate surface area is 305 Å². The third-order valence-corrected chi connectivity index (χ3v) is 10.5. The van der Waals surface area contributed by atoms with Crippen molar-refractivity contribution in [3.05, 3.63) is 119 Å². The minimum atomic E-state index is -0.780. The molecule has 3 aromatic carbocycles. The maximum atomic E-state index is 14.2. The van der Waals surface area contributed by atoms with E-state index in [-0.39, 0.29) is 12.2 Å². The summed E-state index contributed by atoms with van der Waals surface area (Å²) in [4.78, 5) is 33.1. The standard InChI is InChI=1S/C33H28BrClI2N2O5S/c1-4-8-25-28(32(41)43-5-2)29(21-16-20(34)11-12-26(21)42-3)39-31(40)27(45-33(39)38-25)15-18-13-23(36)30(24(37)14-18)44-17-19-9-6-7-10-22(19)35/h6-7,9-16,29H,4-5,8,17H2,1-3H3/b27-15+/t29-/m0/s1. The Hall–Kier alpha value is -2.20. The molecule has 45 heavy (non-hydrogen) atoms. The first-order chi connectivity index (χ1) is 21.7. The van der Waals surface area contributed by atoms with Crippen molar-refractivity contribution in [2.75, 3.05) is 13.7 Å². The smallest absolute Gasteiger partial charge is 0.338 e. The Bertz CT molecular complexity index is 1970. The summed E-state index contributed by atoms with van der Waals surface area (Å²) in [5.41, 5.74) is 3.10. The minimum Gasteiger partial charge on any atom is -0.496 e. The Balaban J connectivity index is 1.64. The van der Waals surface area contributed by atoms with Crippen LogP contribution < -0.4 is 24.4 Å². The number of benzene rings is 3. The zero-order valence-corrected chi connectivity index (χ0v) is 32.0. The monoisotopic (exact) mass is 932 g/mol. The molecule has 0 aliphatic carbocycles. The second-order valence-corrected chi connectivity index (χ2v) is 14.6. The van der Waals surface area contributed by atoms with Gasteiger partial charge in [-0.05, 0) is 107 Å². The number of fused-ring (bicyclic) bond motifs is 1. The van der Waals surface area contributed by atoms with Crippen LogP contribution in [0.1, 0.15) is 49.4 Å². The van der Waals surface area contributed by atoms with Crippen molar-refractivity contribution in [1.29, 1.82) is 0 Å². The molecule has 4 aromatic rings. The van der Waals surface area contributed by atoms with Crippen LogP contribution in [0.25, 0.3) is 6.08 Å². The molecule has 0 saturated heterocycles. The molecule has 7 nitrogen and oxygen atoms in total. The summed E-state index contributed by atoms with van der Waals surface area (Å²) in [5, 5.41) is 0.654. The van der Waals surface area contributed by atoms with Gasteiger partial charge >= 0.3 is 5.97 Å². The fourth-order valence-electron chi connectivity index (χ4n) is 5.05. The zero-order valence-electron chi connectivity index (χ0n) is 24.5. The largest absolute Gasteiger partial charge is 0.496 e. The molecule has 0 amide bonds. The van der Waals surface area contributed by atoms with E-state index < -0.39 is 12.0 Å². The van der Waals surface area contributed by atoms with Gasteiger partial charge in [-0.15, -0.1) is 0 Å². The number of rotatable bonds is 10. The molecule has 0 saturated carbocycles. The van der Waals surface area contributed by atoms with Crippen LogP contribution in [-0.4, -0.2) is 24.3 Å². The second kappa shape index (κ2) is 15.1. The van der Waals surface area contributed by atoms with Crippen molar-refractivity contribution < 1.29 is 19.0 Å². The third kappa shape index (κ3) is 7.37. The van der Waals surface area contributed by atoms with Crippen LogP contribution in [0.3, 0.4) is 0 Å². The molecule has 0 spiro atoms. The maximum absolute atomic E-state index is 14.2. The minimum absolute atomic E-state index is 0.198. The summed E-state index contributed by atoms with van der Waals surface area (Å²) in [6.07, 6.45) is 3.17. The highest BCUT2D eigenvalue weighted by Gasteiger charge is 2.36. The van der Waals surface area contributed by atoms with Crippen LogP contribution in [0.4, 0.5) is 0 Å². The average Bonchev–Trinajstić information content (AvgIpc) is 3.31. The van der Waals surface area contributed by atoms with E-state index in [0.29, 0.717) is 50.0 Å². The predicted molar refractivity (Wildman–Crippen MR) is 198 cm³/mol. The number of aromatic nitrogens is 1. The highest BCUT2D eigenvalue weighted by molar-refractivity contribution is 14.1. The molecule has 1 aromatic heterocycles. The van der Waals surface area contributed by atoms with E-state index in [0.717, 1.165) is 34.9 Å². The Morgan fingerprint density at radius 2 is 1.87 bits per heavy atom. The highest BCUT2D eigenvalue weighted by atomic mass is 127. The van der Waals surface area contributed by atoms with Gasteiger partial charge in [-0.3, -0.25) is 9.36 Å². The van der Waals surface area contributed by atoms with Crippen molar-refractivity contribution in [2.24, 2.45) is 4.99 Å². The third-order valence-electron chi connectivity index (χ3n) is 7.03. The molecule has 2 heterocycles. The van der Waals surface area contributed by atoms with E-state index >= 15 is 0 Å². The first kappa shape index (κ1) is 34.1. The number of ether oxygens (including phenoxy) is 3. The van der Waals surface area contributed by atoms with E-state index in [4.69, 9.17) is 30.8 Å². The molecule has 0 bridgehead atoms. The van der Waals surface area contributed by atoms with E-state index in [9.17, 15) is 9.59 Å². The van der Waals surface area contributed by atoms with Crippen molar-refractivity contribution in [1.82, 2.24) is 4.57 Å². The van der Waals surface area contributed by atoms with Gasteiger partial charge in [0.1, 0.15) is 24.1 Å². The Morgan fingerprint density at radius 3 is 2.53 bits per heavy atom. The normalized spacial score (nSPS) is 14.6. The van der Waals surface area contributed by atoms with E-state index in [1.165, 1.54) is 11.3 Å². The molecule has 5 rings (SSSR count). The summed E-state index contributed by atoms with van der Waals surface area (Å²) < 4.78 is 22.1. The second-order valence-electron chi connectivity index (χ2n) is 9.99.